The van der Waals surface area contributed by atoms with Crippen molar-refractivity contribution in [2.45, 2.75) is 50.9 Å². The van der Waals surface area contributed by atoms with Crippen molar-refractivity contribution in [1.82, 2.24) is 4.90 Å². The van der Waals surface area contributed by atoms with Crippen molar-refractivity contribution >= 4 is 29.1 Å². The molecular weight excluding hydrogens is 518 g/mol. The summed E-state index contributed by atoms with van der Waals surface area (Å²) in [6.07, 6.45) is 4.32. The van der Waals surface area contributed by atoms with Gasteiger partial charge in [0.15, 0.2) is 0 Å². The number of para-hydroxylation sites is 2. The highest BCUT2D eigenvalue weighted by Crippen LogP contribution is 2.63. The van der Waals surface area contributed by atoms with Crippen LogP contribution in [0.4, 0.5) is 11.4 Å². The Hall–Kier alpha value is -3.75. The van der Waals surface area contributed by atoms with Gasteiger partial charge in [-0.25, -0.2) is 0 Å². The van der Waals surface area contributed by atoms with Crippen LogP contribution < -0.4 is 9.80 Å². The fraction of sp³-hybridized carbons (Fsp3) is 0.424. The van der Waals surface area contributed by atoms with E-state index in [1.54, 1.807) is 22.0 Å². The van der Waals surface area contributed by atoms with Crippen LogP contribution in [-0.4, -0.2) is 71.2 Å². The van der Waals surface area contributed by atoms with E-state index in [1.165, 1.54) is 4.90 Å². The average molecular weight is 558 g/mol. The lowest BCUT2D eigenvalue weighted by Crippen LogP contribution is -2.57. The molecule has 41 heavy (non-hydrogen) atoms. The van der Waals surface area contributed by atoms with E-state index in [0.717, 1.165) is 16.8 Å². The molecule has 0 aromatic heterocycles. The Labute approximate surface area is 241 Å². The highest BCUT2D eigenvalue weighted by atomic mass is 16.5. The van der Waals surface area contributed by atoms with Crippen LogP contribution in [0.5, 0.6) is 0 Å². The summed E-state index contributed by atoms with van der Waals surface area (Å²) in [4.78, 5) is 48.0. The normalized spacial score (nSPS) is 28.0. The lowest BCUT2D eigenvalue weighted by Gasteiger charge is -2.37. The monoisotopic (exact) mass is 557 g/mol. The fourth-order valence-electron chi connectivity index (χ4n) is 7.46. The van der Waals surface area contributed by atoms with E-state index < -0.39 is 29.1 Å². The molecule has 2 aromatic carbocycles. The number of rotatable bonds is 10. The Kier molecular flexibility index (Phi) is 7.66. The number of anilines is 2. The van der Waals surface area contributed by atoms with Crippen LogP contribution in [0.2, 0.25) is 0 Å². The molecule has 3 aliphatic rings. The number of hydrogen-bond acceptors (Lipinski definition) is 5. The molecule has 1 N–H and O–H groups in total. The standard InChI is InChI=1S/C33H39N3O5/c1-6-18-34(24-14-9-8-10-15-24)29(38)25-26-30(39)36(20-21-37)28(33(26)17-16-32(25,5)41-33)31(40)35(19-7-2)27-22(3)12-11-13-23(27)4/h6-15,25-26,28,37H,1-2,16-21H2,3-5H3/t25-,26+,28?,32+,33?/m1/s1. The Morgan fingerprint density at radius 3 is 2.24 bits per heavy atom. The Balaban J connectivity index is 1.60. The van der Waals surface area contributed by atoms with Gasteiger partial charge >= 0.3 is 0 Å². The molecule has 8 nitrogen and oxygen atoms in total. The van der Waals surface area contributed by atoms with Gasteiger partial charge in [0, 0.05) is 31.0 Å². The van der Waals surface area contributed by atoms with Gasteiger partial charge in [0.2, 0.25) is 11.8 Å². The van der Waals surface area contributed by atoms with Gasteiger partial charge in [0.25, 0.3) is 5.91 Å². The van der Waals surface area contributed by atoms with Crippen molar-refractivity contribution in [3.05, 3.63) is 85.0 Å². The molecule has 3 amide bonds. The maximum Gasteiger partial charge on any atom is 0.253 e. The molecule has 0 radical (unpaired) electrons. The summed E-state index contributed by atoms with van der Waals surface area (Å²) in [5, 5.41) is 9.99. The number of hydrogen-bond donors (Lipinski definition) is 1. The van der Waals surface area contributed by atoms with Gasteiger partial charge in [-0.3, -0.25) is 14.4 Å². The predicted octanol–water partition coefficient (Wildman–Crippen LogP) is 3.80. The SMILES string of the molecule is C=CCN(C(=O)[C@H]1[C@H]2C(=O)N(CCO)C(C(=O)N(CC=C)c3c(C)cccc3C)C23CC[C@]1(C)O3)c1ccccc1. The first kappa shape index (κ1) is 28.8. The third-order valence-electron chi connectivity index (χ3n) is 9.05. The first-order valence-corrected chi connectivity index (χ1v) is 14.2. The second kappa shape index (κ2) is 10.9. The molecule has 3 saturated heterocycles. The molecule has 3 fully saturated rings. The maximum absolute atomic E-state index is 14.6. The van der Waals surface area contributed by atoms with Gasteiger partial charge in [-0.1, -0.05) is 48.6 Å². The van der Waals surface area contributed by atoms with Crippen LogP contribution >= 0.6 is 0 Å². The van der Waals surface area contributed by atoms with E-state index in [0.29, 0.717) is 18.5 Å². The van der Waals surface area contributed by atoms with E-state index in [2.05, 4.69) is 13.2 Å². The van der Waals surface area contributed by atoms with Crippen LogP contribution in [0.15, 0.2) is 73.8 Å². The second-order valence-electron chi connectivity index (χ2n) is 11.5. The lowest BCUT2D eigenvalue weighted by atomic mass is 9.66. The zero-order valence-electron chi connectivity index (χ0n) is 24.1. The molecule has 2 aromatic rings. The number of carbonyl (C=O) groups is 3. The van der Waals surface area contributed by atoms with Crippen molar-refractivity contribution in [2.24, 2.45) is 11.8 Å². The number of fused-ring (bicyclic) bond motifs is 1. The number of benzene rings is 2. The Bertz CT molecular complexity index is 1360. The summed E-state index contributed by atoms with van der Waals surface area (Å²) >= 11 is 0. The number of nitrogens with zero attached hydrogens (tertiary/aromatic N) is 3. The summed E-state index contributed by atoms with van der Waals surface area (Å²) in [5.74, 6) is -2.50. The van der Waals surface area contributed by atoms with E-state index >= 15 is 0 Å². The van der Waals surface area contributed by atoms with E-state index in [1.807, 2.05) is 69.3 Å². The smallest absolute Gasteiger partial charge is 0.253 e. The van der Waals surface area contributed by atoms with Crippen LogP contribution in [0.3, 0.4) is 0 Å². The van der Waals surface area contributed by atoms with E-state index in [-0.39, 0.29) is 44.0 Å². The van der Waals surface area contributed by atoms with Crippen molar-refractivity contribution in [2.75, 3.05) is 36.0 Å². The Morgan fingerprint density at radius 1 is 1.00 bits per heavy atom. The number of likely N-dealkylation sites (tertiary alicyclic amines) is 1. The molecule has 3 heterocycles. The third kappa shape index (κ3) is 4.41. The Morgan fingerprint density at radius 2 is 1.63 bits per heavy atom. The molecule has 5 atom stereocenters. The minimum Gasteiger partial charge on any atom is -0.395 e. The highest BCUT2D eigenvalue weighted by molar-refractivity contribution is 6.07. The molecule has 0 aliphatic carbocycles. The first-order valence-electron chi connectivity index (χ1n) is 14.2. The van der Waals surface area contributed by atoms with Gasteiger partial charge in [0.1, 0.15) is 11.6 Å². The topological polar surface area (TPSA) is 90.4 Å². The molecule has 1 spiro atoms. The van der Waals surface area contributed by atoms with Gasteiger partial charge in [0.05, 0.1) is 24.0 Å². The zero-order chi connectivity index (χ0) is 29.5. The van der Waals surface area contributed by atoms with Gasteiger partial charge in [-0.05, 0) is 56.9 Å². The second-order valence-corrected chi connectivity index (χ2v) is 11.5. The summed E-state index contributed by atoms with van der Waals surface area (Å²) < 4.78 is 6.78. The van der Waals surface area contributed by atoms with Crippen molar-refractivity contribution < 1.29 is 24.2 Å². The van der Waals surface area contributed by atoms with E-state index in [9.17, 15) is 19.5 Å². The molecule has 2 bridgehead atoms. The number of aryl methyl sites for hydroxylation is 2. The summed E-state index contributed by atoms with van der Waals surface area (Å²) in [7, 11) is 0. The van der Waals surface area contributed by atoms with Crippen molar-refractivity contribution in [1.29, 1.82) is 0 Å². The third-order valence-corrected chi connectivity index (χ3v) is 9.05. The number of carbonyl (C=O) groups excluding carboxylic acids is 3. The van der Waals surface area contributed by atoms with Crippen LogP contribution in [-0.2, 0) is 19.1 Å². The zero-order valence-corrected chi connectivity index (χ0v) is 24.1. The highest BCUT2D eigenvalue weighted by Gasteiger charge is 2.78. The molecule has 5 rings (SSSR count). The molecule has 8 heteroatoms. The van der Waals surface area contributed by atoms with Gasteiger partial charge in [-0.2, -0.15) is 0 Å². The molecule has 216 valence electrons. The molecule has 0 saturated carbocycles. The molecular formula is C33H39N3O5. The van der Waals surface area contributed by atoms with E-state index in [4.69, 9.17) is 4.74 Å². The first-order chi connectivity index (χ1) is 19.6. The van der Waals surface area contributed by atoms with Crippen LogP contribution in [0.1, 0.15) is 30.9 Å². The number of β-amino-alcohol motifs (C(OH)–C–C–N with tert-alkyl or cyclic N) is 1. The quantitative estimate of drug-likeness (QED) is 0.449. The molecule has 2 unspecified atom stereocenters. The van der Waals surface area contributed by atoms with Crippen molar-refractivity contribution in [3.63, 3.8) is 0 Å². The summed E-state index contributed by atoms with van der Waals surface area (Å²) in [6.45, 7) is 13.7. The summed E-state index contributed by atoms with van der Waals surface area (Å²) in [6, 6.07) is 14.2. The maximum atomic E-state index is 14.6. The van der Waals surface area contributed by atoms with Crippen LogP contribution in [0.25, 0.3) is 0 Å². The predicted molar refractivity (Wildman–Crippen MR) is 158 cm³/mol. The number of ether oxygens (including phenoxy) is 1. The number of aliphatic hydroxyl groups excluding tert-OH is 1. The fourth-order valence-corrected chi connectivity index (χ4v) is 7.46. The van der Waals surface area contributed by atoms with Gasteiger partial charge < -0.3 is 24.5 Å². The van der Waals surface area contributed by atoms with Crippen molar-refractivity contribution in [3.8, 4) is 0 Å². The average Bonchev–Trinajstić information content (AvgIpc) is 3.52. The minimum atomic E-state index is -1.19. The largest absolute Gasteiger partial charge is 0.395 e. The lowest BCUT2D eigenvalue weighted by molar-refractivity contribution is -0.145. The number of aliphatic hydroxyl groups is 1. The summed E-state index contributed by atoms with van der Waals surface area (Å²) in [5.41, 5.74) is 1.21. The minimum absolute atomic E-state index is 0.0295. The van der Waals surface area contributed by atoms with Crippen LogP contribution in [0, 0.1) is 25.7 Å². The molecule has 3 aliphatic heterocycles. The number of amides is 3. The van der Waals surface area contributed by atoms with Gasteiger partial charge in [-0.15, -0.1) is 13.2 Å².